The van der Waals surface area contributed by atoms with Gasteiger partial charge in [-0.1, -0.05) is 0 Å². The van der Waals surface area contributed by atoms with Gasteiger partial charge in [0.25, 0.3) is 0 Å². The largest absolute Gasteiger partial charge is 0.349 e. The van der Waals surface area contributed by atoms with Gasteiger partial charge in [0.2, 0.25) is 0 Å². The van der Waals surface area contributed by atoms with Gasteiger partial charge >= 0.3 is 12.4 Å². The summed E-state index contributed by atoms with van der Waals surface area (Å²) in [7, 11) is 0. The first-order valence-electron chi connectivity index (χ1n) is 1.34. The molecule has 3 N–H and O–H groups in total. The highest BCUT2D eigenvalue weighted by atomic mass is 16.5. The van der Waals surface area contributed by atoms with Gasteiger partial charge < -0.3 is 5.73 Å². The molecule has 0 aromatic carbocycles. The van der Waals surface area contributed by atoms with Gasteiger partial charge in [0.05, 0.1) is 0 Å². The second-order valence-corrected chi connectivity index (χ2v) is 0.741. The number of imide groups is 1. The van der Waals surface area contributed by atoms with Gasteiger partial charge in [0.15, 0.2) is 0 Å². The molecule has 0 saturated heterocycles. The van der Waals surface area contributed by atoms with E-state index in [1.807, 2.05) is 0 Å². The SMILES string of the molecule is NC(=O)N(O)[C]=O. The predicted octanol–water partition coefficient (Wildman–Crippen LogP) is -1.18. The first-order chi connectivity index (χ1) is 3.18. The third-order valence-corrected chi connectivity index (χ3v) is 0.295. The van der Waals surface area contributed by atoms with Crippen molar-refractivity contribution < 1.29 is 14.8 Å². The number of nitrogens with zero attached hydrogens (tertiary/aromatic N) is 1. The van der Waals surface area contributed by atoms with Crippen molar-refractivity contribution >= 4 is 12.4 Å². The van der Waals surface area contributed by atoms with E-state index in [1.54, 1.807) is 0 Å². The number of urea groups is 1. The zero-order valence-electron chi connectivity index (χ0n) is 3.29. The topological polar surface area (TPSA) is 83.6 Å². The minimum atomic E-state index is -1.24. The minimum absolute atomic E-state index is 0.375. The number of carbonyl (C=O) groups excluding carboxylic acids is 2. The number of hydrogen-bond donors (Lipinski definition) is 2. The first kappa shape index (κ1) is 5.90. The smallest absolute Gasteiger partial charge is 0.347 e. The second kappa shape index (κ2) is 2.14. The Labute approximate surface area is 39.3 Å². The van der Waals surface area contributed by atoms with Gasteiger partial charge in [-0.15, -0.1) is 5.06 Å². The number of hydroxylamine groups is 2. The molecular formula is C2H3N2O3. The molecule has 0 fully saturated rings. The van der Waals surface area contributed by atoms with Crippen LogP contribution in [-0.4, -0.2) is 22.7 Å². The molecule has 0 aliphatic rings. The van der Waals surface area contributed by atoms with Crippen LogP contribution in [-0.2, 0) is 4.79 Å². The molecule has 0 aliphatic carbocycles. The maximum atomic E-state index is 9.57. The molecule has 1 radical (unpaired) electrons. The third kappa shape index (κ3) is 1.72. The number of rotatable bonds is 1. The van der Waals surface area contributed by atoms with Gasteiger partial charge in [-0.05, 0) is 0 Å². The van der Waals surface area contributed by atoms with Gasteiger partial charge in [-0.2, -0.15) is 0 Å². The Kier molecular flexibility index (Phi) is 1.80. The van der Waals surface area contributed by atoms with Gasteiger partial charge in [0.1, 0.15) is 0 Å². The van der Waals surface area contributed by atoms with E-state index < -0.39 is 6.03 Å². The van der Waals surface area contributed by atoms with Crippen molar-refractivity contribution in [2.24, 2.45) is 5.73 Å². The zero-order chi connectivity index (χ0) is 5.86. The van der Waals surface area contributed by atoms with Crippen LogP contribution in [0.5, 0.6) is 0 Å². The van der Waals surface area contributed by atoms with Gasteiger partial charge in [0, 0.05) is 0 Å². The van der Waals surface area contributed by atoms with Crippen LogP contribution in [0.4, 0.5) is 4.79 Å². The summed E-state index contributed by atoms with van der Waals surface area (Å²) in [6.45, 7) is 0. The molecule has 0 heterocycles. The molecule has 0 aromatic rings. The quantitative estimate of drug-likeness (QED) is 0.249. The predicted molar refractivity (Wildman–Crippen MR) is 18.9 cm³/mol. The number of amides is 3. The van der Waals surface area contributed by atoms with Crippen molar-refractivity contribution in [1.29, 1.82) is 0 Å². The van der Waals surface area contributed by atoms with Crippen LogP contribution in [0.2, 0.25) is 0 Å². The summed E-state index contributed by atoms with van der Waals surface area (Å²) in [5.74, 6) is 0. The summed E-state index contributed by atoms with van der Waals surface area (Å²) in [4.78, 5) is 18.8. The van der Waals surface area contributed by atoms with Crippen molar-refractivity contribution in [3.05, 3.63) is 0 Å². The lowest BCUT2D eigenvalue weighted by Crippen LogP contribution is -2.30. The summed E-state index contributed by atoms with van der Waals surface area (Å²) in [5, 5.41) is 7.50. The molecule has 3 amide bonds. The van der Waals surface area contributed by atoms with Crippen LogP contribution in [0.3, 0.4) is 0 Å². The highest BCUT2D eigenvalue weighted by Crippen LogP contribution is 1.67. The minimum Gasteiger partial charge on any atom is -0.349 e. The molecular weight excluding hydrogens is 100 g/mol. The molecule has 0 atom stereocenters. The molecule has 0 aromatic heterocycles. The second-order valence-electron chi connectivity index (χ2n) is 0.741. The summed E-state index contributed by atoms with van der Waals surface area (Å²) in [5.41, 5.74) is 4.32. The molecule has 5 heteroatoms. The summed E-state index contributed by atoms with van der Waals surface area (Å²) >= 11 is 0. The number of carbonyl (C=O) groups is 1. The molecule has 0 spiro atoms. The maximum absolute atomic E-state index is 9.57. The van der Waals surface area contributed by atoms with Crippen LogP contribution in [0.15, 0.2) is 0 Å². The average molecular weight is 103 g/mol. The molecule has 0 rings (SSSR count). The molecule has 0 aliphatic heterocycles. The summed E-state index contributed by atoms with van der Waals surface area (Å²) in [6.07, 6.45) is 0.829. The molecule has 0 saturated carbocycles. The Morgan fingerprint density at radius 1 is 1.86 bits per heavy atom. The fourth-order valence-electron chi connectivity index (χ4n) is 0.0450. The van der Waals surface area contributed by atoms with E-state index in [0.717, 1.165) is 6.41 Å². The lowest BCUT2D eigenvalue weighted by atomic mass is 11.0. The fraction of sp³-hybridized carbons (Fsp3) is 0. The molecule has 39 valence electrons. The molecule has 5 nitrogen and oxygen atoms in total. The Balaban J connectivity index is 3.55. The summed E-state index contributed by atoms with van der Waals surface area (Å²) in [6, 6.07) is -1.24. The highest BCUT2D eigenvalue weighted by molar-refractivity contribution is 5.81. The monoisotopic (exact) mass is 103 g/mol. The first-order valence-corrected chi connectivity index (χ1v) is 1.34. The average Bonchev–Trinajstić information content (AvgIpc) is 1.65. The van der Waals surface area contributed by atoms with Crippen LogP contribution in [0.25, 0.3) is 0 Å². The maximum Gasteiger partial charge on any atom is 0.347 e. The number of hydrogen-bond acceptors (Lipinski definition) is 3. The van der Waals surface area contributed by atoms with Gasteiger partial charge in [-0.3, -0.25) is 10.0 Å². The van der Waals surface area contributed by atoms with E-state index in [-0.39, 0.29) is 5.06 Å². The van der Waals surface area contributed by atoms with Crippen molar-refractivity contribution in [3.8, 4) is 0 Å². The highest BCUT2D eigenvalue weighted by Gasteiger charge is 2.00. The fourth-order valence-corrected chi connectivity index (χ4v) is 0.0450. The van der Waals surface area contributed by atoms with Crippen LogP contribution in [0.1, 0.15) is 0 Å². The van der Waals surface area contributed by atoms with E-state index in [2.05, 4.69) is 5.73 Å². The van der Waals surface area contributed by atoms with E-state index in [0.29, 0.717) is 0 Å². The van der Waals surface area contributed by atoms with E-state index in [4.69, 9.17) is 5.21 Å². The van der Waals surface area contributed by atoms with Crippen molar-refractivity contribution in [1.82, 2.24) is 5.06 Å². The van der Waals surface area contributed by atoms with E-state index in [1.165, 1.54) is 0 Å². The number of nitrogens with two attached hydrogens (primary N) is 1. The van der Waals surface area contributed by atoms with E-state index in [9.17, 15) is 9.59 Å². The van der Waals surface area contributed by atoms with Crippen molar-refractivity contribution in [3.63, 3.8) is 0 Å². The van der Waals surface area contributed by atoms with E-state index >= 15 is 0 Å². The molecule has 7 heavy (non-hydrogen) atoms. The van der Waals surface area contributed by atoms with Crippen LogP contribution >= 0.6 is 0 Å². The van der Waals surface area contributed by atoms with Gasteiger partial charge in [-0.25, -0.2) is 4.79 Å². The normalized spacial score (nSPS) is 7.57. The zero-order valence-corrected chi connectivity index (χ0v) is 3.29. The third-order valence-electron chi connectivity index (χ3n) is 0.295. The van der Waals surface area contributed by atoms with Crippen molar-refractivity contribution in [2.75, 3.05) is 0 Å². The molecule has 0 unspecified atom stereocenters. The van der Waals surface area contributed by atoms with Crippen LogP contribution in [0, 0.1) is 0 Å². The van der Waals surface area contributed by atoms with Crippen LogP contribution < -0.4 is 5.73 Å². The Morgan fingerprint density at radius 3 is 2.29 bits per heavy atom. The lowest BCUT2D eigenvalue weighted by molar-refractivity contribution is 0.0282. The molecule has 0 bridgehead atoms. The lowest BCUT2D eigenvalue weighted by Gasteiger charge is -1.95. The Bertz CT molecular complexity index is 90.9. The standard InChI is InChI=1S/C2H3N2O3/c3-2(6)4(7)1-5/h7H,(H2,3,6). The van der Waals surface area contributed by atoms with Crippen molar-refractivity contribution in [2.45, 2.75) is 0 Å². The Hall–Kier alpha value is -1.10. The Morgan fingerprint density at radius 2 is 2.29 bits per heavy atom. The number of primary amides is 1. The summed E-state index contributed by atoms with van der Waals surface area (Å²) < 4.78 is 0.